The van der Waals surface area contributed by atoms with Gasteiger partial charge in [0.15, 0.2) is 17.3 Å². The Bertz CT molecular complexity index is 815. The molecule has 0 saturated heterocycles. The SMILES string of the molecule is COc1ccc(C(C)=O)cc1CC(=O)Nc1ccc2c(c1)OCCO2. The quantitative estimate of drug-likeness (QED) is 0.847. The lowest BCUT2D eigenvalue weighted by Crippen LogP contribution is -2.17. The number of Topliss-reactive ketones (excluding diaryl/α,β-unsaturated/α-hetero) is 1. The number of nitrogens with one attached hydrogen (secondary N) is 1. The van der Waals surface area contributed by atoms with E-state index in [0.29, 0.717) is 47.3 Å². The molecule has 2 aromatic rings. The molecule has 25 heavy (non-hydrogen) atoms. The van der Waals surface area contributed by atoms with Crippen LogP contribution < -0.4 is 19.5 Å². The molecule has 0 aromatic heterocycles. The Morgan fingerprint density at radius 2 is 1.84 bits per heavy atom. The van der Waals surface area contributed by atoms with E-state index < -0.39 is 0 Å². The number of ether oxygens (including phenoxy) is 3. The van der Waals surface area contributed by atoms with Gasteiger partial charge in [-0.15, -0.1) is 0 Å². The summed E-state index contributed by atoms with van der Waals surface area (Å²) < 4.78 is 16.2. The van der Waals surface area contributed by atoms with Crippen molar-refractivity contribution in [3.63, 3.8) is 0 Å². The van der Waals surface area contributed by atoms with Gasteiger partial charge in [-0.3, -0.25) is 9.59 Å². The third-order valence-electron chi connectivity index (χ3n) is 3.86. The monoisotopic (exact) mass is 341 g/mol. The third-order valence-corrected chi connectivity index (χ3v) is 3.86. The van der Waals surface area contributed by atoms with Crippen molar-refractivity contribution < 1.29 is 23.8 Å². The van der Waals surface area contributed by atoms with Crippen molar-refractivity contribution in [2.75, 3.05) is 25.6 Å². The van der Waals surface area contributed by atoms with Crippen LogP contribution in [0.25, 0.3) is 0 Å². The molecule has 0 unspecified atom stereocenters. The molecule has 6 heteroatoms. The summed E-state index contributed by atoms with van der Waals surface area (Å²) in [5.74, 6) is 1.58. The highest BCUT2D eigenvalue weighted by atomic mass is 16.6. The van der Waals surface area contributed by atoms with E-state index in [-0.39, 0.29) is 18.1 Å². The molecule has 0 spiro atoms. The van der Waals surface area contributed by atoms with E-state index >= 15 is 0 Å². The zero-order chi connectivity index (χ0) is 17.8. The van der Waals surface area contributed by atoms with Gasteiger partial charge in [-0.1, -0.05) is 0 Å². The Kier molecular flexibility index (Phi) is 4.88. The molecule has 2 aromatic carbocycles. The molecule has 0 atom stereocenters. The summed E-state index contributed by atoms with van der Waals surface area (Å²) in [7, 11) is 1.53. The summed E-state index contributed by atoms with van der Waals surface area (Å²) in [5, 5.41) is 2.83. The van der Waals surface area contributed by atoms with Crippen LogP contribution in [0, 0.1) is 0 Å². The second-order valence-electron chi connectivity index (χ2n) is 5.67. The molecule has 0 radical (unpaired) electrons. The zero-order valence-electron chi connectivity index (χ0n) is 14.1. The fourth-order valence-corrected chi connectivity index (χ4v) is 2.63. The van der Waals surface area contributed by atoms with Gasteiger partial charge in [-0.2, -0.15) is 0 Å². The molecule has 3 rings (SSSR count). The third kappa shape index (κ3) is 3.91. The standard InChI is InChI=1S/C19H19NO5/c1-12(21)13-3-5-16(23-2)14(9-13)10-19(22)20-15-4-6-17-18(11-15)25-8-7-24-17/h3-6,9,11H,7-8,10H2,1-2H3,(H,20,22). The second kappa shape index (κ2) is 7.25. The largest absolute Gasteiger partial charge is 0.496 e. The van der Waals surface area contributed by atoms with Crippen molar-refractivity contribution >= 4 is 17.4 Å². The molecular weight excluding hydrogens is 322 g/mol. The van der Waals surface area contributed by atoms with E-state index in [2.05, 4.69) is 5.32 Å². The lowest BCUT2D eigenvalue weighted by Gasteiger charge is -2.19. The van der Waals surface area contributed by atoms with Crippen molar-refractivity contribution in [2.24, 2.45) is 0 Å². The Morgan fingerprint density at radius 3 is 2.56 bits per heavy atom. The number of hydrogen-bond donors (Lipinski definition) is 1. The highest BCUT2D eigenvalue weighted by Gasteiger charge is 2.15. The molecule has 1 aliphatic heterocycles. The van der Waals surface area contributed by atoms with E-state index in [0.717, 1.165) is 0 Å². The normalized spacial score (nSPS) is 12.4. The predicted octanol–water partition coefficient (Wildman–Crippen LogP) is 2.85. The molecule has 0 fully saturated rings. The van der Waals surface area contributed by atoms with Crippen LogP contribution >= 0.6 is 0 Å². The summed E-state index contributed by atoms with van der Waals surface area (Å²) in [5.41, 5.74) is 1.82. The number of methoxy groups -OCH3 is 1. The minimum absolute atomic E-state index is 0.0591. The van der Waals surface area contributed by atoms with Crippen molar-refractivity contribution in [1.29, 1.82) is 0 Å². The summed E-state index contributed by atoms with van der Waals surface area (Å²) in [6, 6.07) is 10.3. The zero-order valence-corrected chi connectivity index (χ0v) is 14.1. The van der Waals surface area contributed by atoms with Crippen LogP contribution in [-0.2, 0) is 11.2 Å². The van der Waals surface area contributed by atoms with Gasteiger partial charge in [-0.25, -0.2) is 0 Å². The fraction of sp³-hybridized carbons (Fsp3) is 0.263. The van der Waals surface area contributed by atoms with E-state index in [1.165, 1.54) is 14.0 Å². The van der Waals surface area contributed by atoms with Crippen molar-refractivity contribution in [1.82, 2.24) is 0 Å². The average Bonchev–Trinajstić information content (AvgIpc) is 2.61. The first kappa shape index (κ1) is 16.8. The number of carbonyl (C=O) groups is 2. The minimum Gasteiger partial charge on any atom is -0.496 e. The Balaban J connectivity index is 1.74. The van der Waals surface area contributed by atoms with Gasteiger partial charge in [0.05, 0.1) is 13.5 Å². The van der Waals surface area contributed by atoms with Crippen molar-refractivity contribution in [3.8, 4) is 17.2 Å². The predicted molar refractivity (Wildman–Crippen MR) is 92.8 cm³/mol. The van der Waals surface area contributed by atoms with E-state index in [1.54, 1.807) is 36.4 Å². The fourth-order valence-electron chi connectivity index (χ4n) is 2.63. The van der Waals surface area contributed by atoms with Gasteiger partial charge in [-0.05, 0) is 37.3 Å². The van der Waals surface area contributed by atoms with Crippen LogP contribution in [0.5, 0.6) is 17.2 Å². The van der Waals surface area contributed by atoms with Gasteiger partial charge in [0.25, 0.3) is 0 Å². The maximum absolute atomic E-state index is 12.4. The number of amides is 1. The van der Waals surface area contributed by atoms with E-state index in [4.69, 9.17) is 14.2 Å². The Morgan fingerprint density at radius 1 is 1.08 bits per heavy atom. The van der Waals surface area contributed by atoms with Crippen molar-refractivity contribution in [2.45, 2.75) is 13.3 Å². The molecule has 0 saturated carbocycles. The lowest BCUT2D eigenvalue weighted by molar-refractivity contribution is -0.115. The topological polar surface area (TPSA) is 73.9 Å². The van der Waals surface area contributed by atoms with E-state index in [9.17, 15) is 9.59 Å². The average molecular weight is 341 g/mol. The lowest BCUT2D eigenvalue weighted by atomic mass is 10.0. The Hall–Kier alpha value is -3.02. The molecule has 130 valence electrons. The number of fused-ring (bicyclic) bond motifs is 1. The smallest absolute Gasteiger partial charge is 0.228 e. The molecule has 1 N–H and O–H groups in total. The summed E-state index contributed by atoms with van der Waals surface area (Å²) in [6.07, 6.45) is 0.0960. The first-order chi connectivity index (χ1) is 12.1. The number of rotatable bonds is 5. The summed E-state index contributed by atoms with van der Waals surface area (Å²) in [4.78, 5) is 23.9. The summed E-state index contributed by atoms with van der Waals surface area (Å²) >= 11 is 0. The van der Waals surface area contributed by atoms with Gasteiger partial charge in [0.1, 0.15) is 19.0 Å². The minimum atomic E-state index is -0.212. The van der Waals surface area contributed by atoms with Gasteiger partial charge in [0, 0.05) is 22.9 Å². The second-order valence-corrected chi connectivity index (χ2v) is 5.67. The summed E-state index contributed by atoms with van der Waals surface area (Å²) in [6.45, 7) is 2.49. The van der Waals surface area contributed by atoms with Gasteiger partial charge in [0.2, 0.25) is 5.91 Å². The van der Waals surface area contributed by atoms with Crippen LogP contribution in [-0.4, -0.2) is 32.0 Å². The van der Waals surface area contributed by atoms with Crippen LogP contribution in [0.3, 0.4) is 0 Å². The molecule has 6 nitrogen and oxygen atoms in total. The molecule has 1 aliphatic rings. The number of anilines is 1. The van der Waals surface area contributed by atoms with E-state index in [1.807, 2.05) is 0 Å². The molecule has 1 amide bonds. The van der Waals surface area contributed by atoms with Crippen molar-refractivity contribution in [3.05, 3.63) is 47.5 Å². The Labute approximate surface area is 145 Å². The van der Waals surface area contributed by atoms with Crippen LogP contribution in [0.4, 0.5) is 5.69 Å². The maximum atomic E-state index is 12.4. The molecule has 0 bridgehead atoms. The van der Waals surface area contributed by atoms with Crippen LogP contribution in [0.1, 0.15) is 22.8 Å². The van der Waals surface area contributed by atoms with Gasteiger partial charge >= 0.3 is 0 Å². The first-order valence-electron chi connectivity index (χ1n) is 7.94. The van der Waals surface area contributed by atoms with Crippen LogP contribution in [0.2, 0.25) is 0 Å². The number of hydrogen-bond acceptors (Lipinski definition) is 5. The van der Waals surface area contributed by atoms with Gasteiger partial charge < -0.3 is 19.5 Å². The maximum Gasteiger partial charge on any atom is 0.228 e. The molecule has 0 aliphatic carbocycles. The van der Waals surface area contributed by atoms with Crippen LogP contribution in [0.15, 0.2) is 36.4 Å². The highest BCUT2D eigenvalue weighted by Crippen LogP contribution is 2.32. The number of benzene rings is 2. The first-order valence-corrected chi connectivity index (χ1v) is 7.94. The molecule has 1 heterocycles. The number of carbonyl (C=O) groups excluding carboxylic acids is 2. The number of ketones is 1. The molecular formula is C19H19NO5. The highest BCUT2D eigenvalue weighted by molar-refractivity contribution is 5.96.